The zero-order valence-corrected chi connectivity index (χ0v) is 15.5. The normalized spacial score (nSPS) is 30.4. The van der Waals surface area contributed by atoms with Gasteiger partial charge in [0.25, 0.3) is 0 Å². The average molecular weight is 348 g/mol. The van der Waals surface area contributed by atoms with E-state index in [4.69, 9.17) is 0 Å². The lowest BCUT2D eigenvalue weighted by molar-refractivity contribution is -0.137. The molecule has 0 spiro atoms. The van der Waals surface area contributed by atoms with Crippen LogP contribution in [0.5, 0.6) is 0 Å². The van der Waals surface area contributed by atoms with E-state index in [1.165, 1.54) is 44.9 Å². The molecule has 0 bridgehead atoms. The van der Waals surface area contributed by atoms with Crippen LogP contribution in [0.15, 0.2) is 0 Å². The SMILES string of the molecule is O=C(C1CC(=O)N(C2CCCCC2)C1)N1CCN(C2CCCC2)CC1. The summed E-state index contributed by atoms with van der Waals surface area (Å²) in [6, 6.07) is 1.16. The first kappa shape index (κ1) is 17.3. The Hall–Kier alpha value is -1.10. The van der Waals surface area contributed by atoms with Gasteiger partial charge in [-0.05, 0) is 25.7 Å². The van der Waals surface area contributed by atoms with Crippen molar-refractivity contribution in [3.8, 4) is 0 Å². The highest BCUT2D eigenvalue weighted by atomic mass is 16.2. The quantitative estimate of drug-likeness (QED) is 0.786. The second-order valence-electron chi connectivity index (χ2n) is 8.54. The Bertz CT molecular complexity index is 489. The number of carbonyl (C=O) groups excluding carboxylic acids is 2. The smallest absolute Gasteiger partial charge is 0.228 e. The van der Waals surface area contributed by atoms with E-state index in [9.17, 15) is 9.59 Å². The van der Waals surface area contributed by atoms with E-state index >= 15 is 0 Å². The summed E-state index contributed by atoms with van der Waals surface area (Å²) in [5, 5.41) is 0. The molecule has 2 aliphatic carbocycles. The molecule has 0 N–H and O–H groups in total. The third-order valence-electron chi connectivity index (χ3n) is 6.99. The van der Waals surface area contributed by atoms with E-state index in [-0.39, 0.29) is 17.7 Å². The van der Waals surface area contributed by atoms with Gasteiger partial charge in [0.2, 0.25) is 11.8 Å². The van der Waals surface area contributed by atoms with Gasteiger partial charge in [0, 0.05) is 51.2 Å². The number of hydrogen-bond donors (Lipinski definition) is 0. The number of nitrogens with zero attached hydrogens (tertiary/aromatic N) is 3. The molecule has 2 aliphatic heterocycles. The fourth-order valence-electron chi connectivity index (χ4n) is 5.48. The molecule has 5 heteroatoms. The van der Waals surface area contributed by atoms with Crippen LogP contribution in [0.1, 0.15) is 64.2 Å². The second-order valence-corrected chi connectivity index (χ2v) is 8.54. The number of hydrogen-bond acceptors (Lipinski definition) is 3. The molecule has 140 valence electrons. The van der Waals surface area contributed by atoms with E-state index in [0.29, 0.717) is 19.0 Å². The van der Waals surface area contributed by atoms with Crippen LogP contribution < -0.4 is 0 Å². The molecule has 2 saturated carbocycles. The van der Waals surface area contributed by atoms with Crippen molar-refractivity contribution >= 4 is 11.8 Å². The Labute approximate surface area is 151 Å². The first-order valence-electron chi connectivity index (χ1n) is 10.5. The van der Waals surface area contributed by atoms with Crippen molar-refractivity contribution in [1.29, 1.82) is 0 Å². The van der Waals surface area contributed by atoms with Gasteiger partial charge in [-0.25, -0.2) is 0 Å². The van der Waals surface area contributed by atoms with E-state index in [2.05, 4.69) is 4.90 Å². The lowest BCUT2D eigenvalue weighted by Gasteiger charge is -2.39. The maximum atomic E-state index is 12.9. The molecule has 1 unspecified atom stereocenters. The number of likely N-dealkylation sites (tertiary alicyclic amines) is 1. The highest BCUT2D eigenvalue weighted by Crippen LogP contribution is 2.30. The molecule has 0 aromatic rings. The molecular weight excluding hydrogens is 314 g/mol. The van der Waals surface area contributed by atoms with Crippen molar-refractivity contribution in [1.82, 2.24) is 14.7 Å². The topological polar surface area (TPSA) is 43.9 Å². The van der Waals surface area contributed by atoms with Crippen LogP contribution >= 0.6 is 0 Å². The predicted molar refractivity (Wildman–Crippen MR) is 97.1 cm³/mol. The van der Waals surface area contributed by atoms with Gasteiger partial charge >= 0.3 is 0 Å². The van der Waals surface area contributed by atoms with Gasteiger partial charge in [0.05, 0.1) is 5.92 Å². The summed E-state index contributed by atoms with van der Waals surface area (Å²) in [6.45, 7) is 4.41. The summed E-state index contributed by atoms with van der Waals surface area (Å²) in [6.07, 6.45) is 11.9. The van der Waals surface area contributed by atoms with Gasteiger partial charge < -0.3 is 9.80 Å². The van der Waals surface area contributed by atoms with Crippen molar-refractivity contribution in [3.05, 3.63) is 0 Å². The van der Waals surface area contributed by atoms with Crippen LogP contribution in [0.4, 0.5) is 0 Å². The summed E-state index contributed by atoms with van der Waals surface area (Å²) < 4.78 is 0. The molecular formula is C20H33N3O2. The van der Waals surface area contributed by atoms with E-state index in [1.807, 2.05) is 9.80 Å². The van der Waals surface area contributed by atoms with E-state index < -0.39 is 0 Å². The van der Waals surface area contributed by atoms with Gasteiger partial charge in [-0.1, -0.05) is 32.1 Å². The lowest BCUT2D eigenvalue weighted by atomic mass is 9.94. The van der Waals surface area contributed by atoms with Crippen LogP contribution in [0, 0.1) is 5.92 Å². The maximum absolute atomic E-state index is 12.9. The first-order valence-corrected chi connectivity index (χ1v) is 10.5. The monoisotopic (exact) mass is 347 g/mol. The minimum Gasteiger partial charge on any atom is -0.340 e. The highest BCUT2D eigenvalue weighted by Gasteiger charge is 2.40. The average Bonchev–Trinajstić information content (AvgIpc) is 3.32. The minimum atomic E-state index is -0.0903. The Kier molecular flexibility index (Phi) is 5.30. The second kappa shape index (κ2) is 7.65. The molecule has 0 radical (unpaired) electrons. The van der Waals surface area contributed by atoms with Crippen molar-refractivity contribution in [3.63, 3.8) is 0 Å². The van der Waals surface area contributed by atoms with E-state index in [0.717, 1.165) is 45.1 Å². The molecule has 0 aromatic carbocycles. The van der Waals surface area contributed by atoms with Crippen molar-refractivity contribution < 1.29 is 9.59 Å². The number of rotatable bonds is 3. The Morgan fingerprint density at radius 1 is 0.800 bits per heavy atom. The Balaban J connectivity index is 1.29. The predicted octanol–water partition coefficient (Wildman–Crippen LogP) is 2.25. The summed E-state index contributed by atoms with van der Waals surface area (Å²) >= 11 is 0. The standard InChI is InChI=1S/C20H33N3O2/c24-19-14-16(15-23(19)18-8-2-1-3-9-18)20(25)22-12-10-21(11-13-22)17-6-4-5-7-17/h16-18H,1-15H2. The van der Waals surface area contributed by atoms with Crippen molar-refractivity contribution in [2.24, 2.45) is 5.92 Å². The third-order valence-corrected chi connectivity index (χ3v) is 6.99. The number of carbonyl (C=O) groups is 2. The molecule has 2 amide bonds. The third kappa shape index (κ3) is 3.71. The minimum absolute atomic E-state index is 0.0903. The fourth-order valence-corrected chi connectivity index (χ4v) is 5.48. The molecule has 4 fully saturated rings. The molecule has 4 aliphatic rings. The van der Waals surface area contributed by atoms with Crippen molar-refractivity contribution in [2.75, 3.05) is 32.7 Å². The highest BCUT2D eigenvalue weighted by molar-refractivity contribution is 5.89. The van der Waals surface area contributed by atoms with Crippen LogP contribution in [0.3, 0.4) is 0 Å². The van der Waals surface area contributed by atoms with E-state index in [1.54, 1.807) is 0 Å². The van der Waals surface area contributed by atoms with Gasteiger partial charge in [-0.15, -0.1) is 0 Å². The fraction of sp³-hybridized carbons (Fsp3) is 0.900. The first-order chi connectivity index (χ1) is 12.2. The maximum Gasteiger partial charge on any atom is 0.228 e. The largest absolute Gasteiger partial charge is 0.340 e. The van der Waals surface area contributed by atoms with Crippen LogP contribution in [0.25, 0.3) is 0 Å². The molecule has 1 atom stereocenters. The summed E-state index contributed by atoms with van der Waals surface area (Å²) in [4.78, 5) is 32.0. The molecule has 4 rings (SSSR count). The van der Waals surface area contributed by atoms with Crippen molar-refractivity contribution in [2.45, 2.75) is 76.3 Å². The van der Waals surface area contributed by atoms with Gasteiger partial charge in [0.1, 0.15) is 0 Å². The summed E-state index contributed by atoms with van der Waals surface area (Å²) in [7, 11) is 0. The lowest BCUT2D eigenvalue weighted by Crippen LogP contribution is -2.53. The molecule has 0 aromatic heterocycles. The molecule has 25 heavy (non-hydrogen) atoms. The number of piperazine rings is 1. The molecule has 5 nitrogen and oxygen atoms in total. The Morgan fingerprint density at radius 2 is 1.40 bits per heavy atom. The molecule has 2 heterocycles. The van der Waals surface area contributed by atoms with Crippen LogP contribution in [0.2, 0.25) is 0 Å². The summed E-state index contributed by atoms with van der Waals surface area (Å²) in [5.74, 6) is 0.361. The number of amides is 2. The van der Waals surface area contributed by atoms with Gasteiger partial charge in [-0.2, -0.15) is 0 Å². The summed E-state index contributed by atoms with van der Waals surface area (Å²) in [5.41, 5.74) is 0. The van der Waals surface area contributed by atoms with Gasteiger partial charge in [-0.3, -0.25) is 14.5 Å². The zero-order chi connectivity index (χ0) is 17.2. The van der Waals surface area contributed by atoms with Gasteiger partial charge in [0.15, 0.2) is 0 Å². The molecule has 2 saturated heterocycles. The van der Waals surface area contributed by atoms with Crippen LogP contribution in [-0.2, 0) is 9.59 Å². The van der Waals surface area contributed by atoms with Crippen LogP contribution in [-0.4, -0.2) is 71.3 Å². The Morgan fingerprint density at radius 3 is 2.08 bits per heavy atom. The zero-order valence-electron chi connectivity index (χ0n) is 15.5.